The third-order valence-corrected chi connectivity index (χ3v) is 5.55. The zero-order valence-corrected chi connectivity index (χ0v) is 12.6. The van der Waals surface area contributed by atoms with Gasteiger partial charge in [-0.2, -0.15) is 4.31 Å². The topological polar surface area (TPSA) is 94.9 Å². The van der Waals surface area contributed by atoms with E-state index in [9.17, 15) is 23.4 Å². The van der Waals surface area contributed by atoms with Crippen molar-refractivity contribution in [3.05, 3.63) is 41.0 Å². The molecule has 0 bridgehead atoms. The van der Waals surface area contributed by atoms with Crippen LogP contribution in [0.25, 0.3) is 0 Å². The van der Waals surface area contributed by atoms with E-state index in [0.29, 0.717) is 11.1 Å². The van der Waals surface area contributed by atoms with Gasteiger partial charge in [-0.15, -0.1) is 0 Å². The van der Waals surface area contributed by atoms with Gasteiger partial charge in [0.2, 0.25) is 10.0 Å². The average Bonchev–Trinajstić information content (AvgIpc) is 2.90. The Labute approximate surface area is 123 Å². The summed E-state index contributed by atoms with van der Waals surface area (Å²) >= 11 is 0. The maximum Gasteiger partial charge on any atom is 0.336 e. The van der Waals surface area contributed by atoms with Gasteiger partial charge in [-0.05, 0) is 37.1 Å². The van der Waals surface area contributed by atoms with Crippen LogP contribution in [0, 0.1) is 13.8 Å². The normalized spacial score (nSPS) is 19.1. The second-order valence-electron chi connectivity index (χ2n) is 4.97. The van der Waals surface area contributed by atoms with Gasteiger partial charge in [0.15, 0.2) is 0 Å². The number of aliphatic hydroxyl groups is 1. The molecule has 1 aliphatic rings. The molecule has 0 aliphatic carbocycles. The molecule has 114 valence electrons. The molecule has 21 heavy (non-hydrogen) atoms. The number of carboxylic acids is 1. The van der Waals surface area contributed by atoms with E-state index in [1.54, 1.807) is 26.0 Å². The second kappa shape index (κ2) is 5.59. The highest BCUT2D eigenvalue weighted by Gasteiger charge is 2.32. The van der Waals surface area contributed by atoms with Crippen LogP contribution in [0.5, 0.6) is 0 Å². The Bertz CT molecular complexity index is 708. The summed E-state index contributed by atoms with van der Waals surface area (Å²) in [7, 11) is -3.85. The lowest BCUT2D eigenvalue weighted by Gasteiger charge is -2.23. The Morgan fingerprint density at radius 2 is 2.05 bits per heavy atom. The number of benzene rings is 1. The Morgan fingerprint density at radius 3 is 2.62 bits per heavy atom. The summed E-state index contributed by atoms with van der Waals surface area (Å²) in [4.78, 5) is 11.2. The van der Waals surface area contributed by atoms with Crippen LogP contribution in [-0.2, 0) is 10.0 Å². The van der Waals surface area contributed by atoms with Gasteiger partial charge in [0, 0.05) is 6.54 Å². The number of sulfonamides is 1. The molecule has 7 heteroatoms. The summed E-state index contributed by atoms with van der Waals surface area (Å²) in [6, 6.07) is 2.03. The highest BCUT2D eigenvalue weighted by molar-refractivity contribution is 7.89. The van der Waals surface area contributed by atoms with Gasteiger partial charge in [0.05, 0.1) is 23.1 Å². The first kappa shape index (κ1) is 15.7. The van der Waals surface area contributed by atoms with Crippen LogP contribution in [0.3, 0.4) is 0 Å². The minimum atomic E-state index is -3.85. The Morgan fingerprint density at radius 1 is 1.38 bits per heavy atom. The molecule has 1 unspecified atom stereocenters. The molecule has 6 nitrogen and oxygen atoms in total. The first-order chi connectivity index (χ1) is 9.78. The van der Waals surface area contributed by atoms with Crippen molar-refractivity contribution in [2.24, 2.45) is 0 Å². The number of hydrogen-bond donors (Lipinski definition) is 2. The average molecular weight is 311 g/mol. The minimum absolute atomic E-state index is 0.0266. The first-order valence-electron chi connectivity index (χ1n) is 6.43. The largest absolute Gasteiger partial charge is 0.478 e. The van der Waals surface area contributed by atoms with Crippen molar-refractivity contribution in [1.29, 1.82) is 0 Å². The molecule has 0 saturated heterocycles. The Kier molecular flexibility index (Phi) is 4.18. The molecule has 0 amide bonds. The number of aromatic carboxylic acids is 1. The number of aryl methyl sites for hydroxylation is 1. The van der Waals surface area contributed by atoms with Gasteiger partial charge in [0.1, 0.15) is 0 Å². The third kappa shape index (κ3) is 2.72. The van der Waals surface area contributed by atoms with Crippen molar-refractivity contribution in [3.8, 4) is 0 Å². The van der Waals surface area contributed by atoms with E-state index < -0.39 is 22.0 Å². The van der Waals surface area contributed by atoms with Crippen molar-refractivity contribution < 1.29 is 23.4 Å². The molecular formula is C14H17NO5S. The molecule has 1 atom stereocenters. The van der Waals surface area contributed by atoms with E-state index in [4.69, 9.17) is 0 Å². The van der Waals surface area contributed by atoms with Gasteiger partial charge in [-0.1, -0.05) is 12.2 Å². The summed E-state index contributed by atoms with van der Waals surface area (Å²) in [6.07, 6.45) is 3.29. The van der Waals surface area contributed by atoms with E-state index in [2.05, 4.69) is 0 Å². The van der Waals surface area contributed by atoms with Gasteiger partial charge < -0.3 is 10.2 Å². The summed E-state index contributed by atoms with van der Waals surface area (Å²) in [5.41, 5.74) is 1.11. The van der Waals surface area contributed by atoms with E-state index in [-0.39, 0.29) is 23.6 Å². The van der Waals surface area contributed by atoms with Crippen molar-refractivity contribution in [1.82, 2.24) is 4.31 Å². The summed E-state index contributed by atoms with van der Waals surface area (Å²) in [6.45, 7) is 3.17. The predicted molar refractivity (Wildman–Crippen MR) is 76.8 cm³/mol. The summed E-state index contributed by atoms with van der Waals surface area (Å²) in [5, 5.41) is 18.4. The lowest BCUT2D eigenvalue weighted by Crippen LogP contribution is -2.38. The van der Waals surface area contributed by atoms with Crippen LogP contribution in [-0.4, -0.2) is 48.1 Å². The minimum Gasteiger partial charge on any atom is -0.478 e. The molecule has 1 heterocycles. The zero-order chi connectivity index (χ0) is 15.8. The van der Waals surface area contributed by atoms with E-state index in [0.717, 1.165) is 4.31 Å². The maximum absolute atomic E-state index is 12.6. The second-order valence-corrected chi connectivity index (χ2v) is 6.86. The van der Waals surface area contributed by atoms with Crippen LogP contribution in [0.15, 0.2) is 29.2 Å². The molecule has 0 saturated carbocycles. The molecular weight excluding hydrogens is 294 g/mol. The molecule has 2 N–H and O–H groups in total. The molecule has 0 aromatic heterocycles. The quantitative estimate of drug-likeness (QED) is 0.806. The number of aliphatic hydroxyl groups excluding tert-OH is 1. The Hall–Kier alpha value is -1.70. The van der Waals surface area contributed by atoms with E-state index in [1.165, 1.54) is 12.1 Å². The third-order valence-electron chi connectivity index (χ3n) is 3.68. The summed E-state index contributed by atoms with van der Waals surface area (Å²) < 4.78 is 26.4. The standard InChI is InChI=1S/C14H17NO5S/c1-9-6-12(7-13(10(9)2)14(17)18)21(19,20)15-5-3-4-11(15)8-16/h3-4,6-7,11,16H,5,8H2,1-2H3,(H,17,18). The summed E-state index contributed by atoms with van der Waals surface area (Å²) in [5.74, 6) is -1.16. The lowest BCUT2D eigenvalue weighted by atomic mass is 10.0. The molecule has 0 spiro atoms. The van der Waals surface area contributed by atoms with Crippen molar-refractivity contribution >= 4 is 16.0 Å². The van der Waals surface area contributed by atoms with Gasteiger partial charge in [-0.3, -0.25) is 0 Å². The van der Waals surface area contributed by atoms with E-state index >= 15 is 0 Å². The number of hydrogen-bond acceptors (Lipinski definition) is 4. The zero-order valence-electron chi connectivity index (χ0n) is 11.8. The number of rotatable bonds is 4. The smallest absolute Gasteiger partial charge is 0.336 e. The van der Waals surface area contributed by atoms with E-state index in [1.807, 2.05) is 0 Å². The predicted octanol–water partition coefficient (Wildman–Crippen LogP) is 0.923. The highest BCUT2D eigenvalue weighted by atomic mass is 32.2. The van der Waals surface area contributed by atoms with Crippen molar-refractivity contribution in [3.63, 3.8) is 0 Å². The molecule has 1 aliphatic heterocycles. The molecule has 0 radical (unpaired) electrons. The Balaban J connectivity index is 2.53. The van der Waals surface area contributed by atoms with Crippen LogP contribution >= 0.6 is 0 Å². The van der Waals surface area contributed by atoms with Gasteiger partial charge >= 0.3 is 5.97 Å². The molecule has 0 fully saturated rings. The fraction of sp³-hybridized carbons (Fsp3) is 0.357. The van der Waals surface area contributed by atoms with Gasteiger partial charge in [0.25, 0.3) is 0 Å². The van der Waals surface area contributed by atoms with Crippen LogP contribution in [0.2, 0.25) is 0 Å². The molecule has 2 rings (SSSR count). The van der Waals surface area contributed by atoms with Crippen molar-refractivity contribution in [2.45, 2.75) is 24.8 Å². The van der Waals surface area contributed by atoms with Crippen LogP contribution in [0.4, 0.5) is 0 Å². The fourth-order valence-corrected chi connectivity index (χ4v) is 3.95. The molecule has 1 aromatic carbocycles. The highest BCUT2D eigenvalue weighted by Crippen LogP contribution is 2.26. The van der Waals surface area contributed by atoms with Gasteiger partial charge in [-0.25, -0.2) is 13.2 Å². The fourth-order valence-electron chi connectivity index (χ4n) is 2.31. The number of carbonyl (C=O) groups is 1. The molecule has 1 aromatic rings. The number of nitrogens with zero attached hydrogens (tertiary/aromatic N) is 1. The van der Waals surface area contributed by atoms with Crippen LogP contribution in [0.1, 0.15) is 21.5 Å². The van der Waals surface area contributed by atoms with Crippen LogP contribution < -0.4 is 0 Å². The monoisotopic (exact) mass is 311 g/mol. The lowest BCUT2D eigenvalue weighted by molar-refractivity contribution is 0.0695. The SMILES string of the molecule is Cc1cc(S(=O)(=O)N2CC=CC2CO)cc(C(=O)O)c1C. The maximum atomic E-state index is 12.6. The van der Waals surface area contributed by atoms with Crippen molar-refractivity contribution in [2.75, 3.05) is 13.2 Å². The number of carboxylic acid groups (broad SMARTS) is 1. The first-order valence-corrected chi connectivity index (χ1v) is 7.87.